The monoisotopic (exact) mass is 111 g/mol. The van der Waals surface area contributed by atoms with Gasteiger partial charge in [-0.15, -0.1) is 0 Å². The standard InChI is InChI=1S/C7H13N/c1-3-5-6-7(8)4-2/h4,6H,2-3,5,8H2,1H3/b7-6+. The number of allylic oxidation sites excluding steroid dienone is 2. The van der Waals surface area contributed by atoms with Crippen LogP contribution in [0.1, 0.15) is 19.8 Å². The molecule has 0 spiro atoms. The van der Waals surface area contributed by atoms with Crippen LogP contribution in [-0.4, -0.2) is 0 Å². The van der Waals surface area contributed by atoms with Gasteiger partial charge < -0.3 is 5.73 Å². The van der Waals surface area contributed by atoms with Crippen LogP contribution >= 0.6 is 0 Å². The highest BCUT2D eigenvalue weighted by molar-refractivity contribution is 5.10. The average Bonchev–Trinajstić information content (AvgIpc) is 1.83. The maximum Gasteiger partial charge on any atom is 0.0267 e. The predicted octanol–water partition coefficient (Wildman–Crippen LogP) is 1.82. The van der Waals surface area contributed by atoms with Crippen molar-refractivity contribution in [2.75, 3.05) is 0 Å². The number of rotatable bonds is 3. The molecular formula is C7H13N. The van der Waals surface area contributed by atoms with Gasteiger partial charge in [-0.2, -0.15) is 0 Å². The maximum atomic E-state index is 5.40. The summed E-state index contributed by atoms with van der Waals surface area (Å²) in [6, 6.07) is 0. The highest BCUT2D eigenvalue weighted by Gasteiger charge is 1.76. The molecule has 0 saturated carbocycles. The Labute approximate surface area is 50.9 Å². The van der Waals surface area contributed by atoms with Crippen molar-refractivity contribution >= 4 is 0 Å². The average molecular weight is 111 g/mol. The Morgan fingerprint density at radius 1 is 1.75 bits per heavy atom. The largest absolute Gasteiger partial charge is 0.399 e. The molecule has 2 N–H and O–H groups in total. The van der Waals surface area contributed by atoms with E-state index in [9.17, 15) is 0 Å². The molecule has 0 heterocycles. The first-order valence-electron chi connectivity index (χ1n) is 2.89. The van der Waals surface area contributed by atoms with Gasteiger partial charge in [0.15, 0.2) is 0 Å². The fourth-order valence-corrected chi connectivity index (χ4v) is 0.394. The van der Waals surface area contributed by atoms with E-state index in [-0.39, 0.29) is 0 Å². The summed E-state index contributed by atoms with van der Waals surface area (Å²) in [4.78, 5) is 0. The first-order valence-corrected chi connectivity index (χ1v) is 2.89. The quantitative estimate of drug-likeness (QED) is 0.552. The van der Waals surface area contributed by atoms with Crippen LogP contribution in [0.5, 0.6) is 0 Å². The van der Waals surface area contributed by atoms with Gasteiger partial charge >= 0.3 is 0 Å². The number of hydrogen-bond acceptors (Lipinski definition) is 1. The van der Waals surface area contributed by atoms with Crippen LogP contribution in [0.2, 0.25) is 0 Å². The van der Waals surface area contributed by atoms with Gasteiger partial charge in [0.1, 0.15) is 0 Å². The van der Waals surface area contributed by atoms with Crippen LogP contribution in [0.15, 0.2) is 24.4 Å². The van der Waals surface area contributed by atoms with Crippen molar-refractivity contribution in [2.45, 2.75) is 19.8 Å². The fourth-order valence-electron chi connectivity index (χ4n) is 0.394. The van der Waals surface area contributed by atoms with E-state index in [0.717, 1.165) is 18.5 Å². The molecule has 0 saturated heterocycles. The van der Waals surface area contributed by atoms with Crippen molar-refractivity contribution in [3.8, 4) is 0 Å². The Bertz CT molecular complexity index is 92.6. The van der Waals surface area contributed by atoms with Gasteiger partial charge in [-0.25, -0.2) is 0 Å². The van der Waals surface area contributed by atoms with Crippen molar-refractivity contribution < 1.29 is 0 Å². The van der Waals surface area contributed by atoms with Gasteiger partial charge in [-0.05, 0) is 12.5 Å². The smallest absolute Gasteiger partial charge is 0.0267 e. The summed E-state index contributed by atoms with van der Waals surface area (Å²) in [6.07, 6.45) is 5.84. The summed E-state index contributed by atoms with van der Waals surface area (Å²) < 4.78 is 0. The third-order valence-corrected chi connectivity index (χ3v) is 0.904. The van der Waals surface area contributed by atoms with Crippen LogP contribution in [0.4, 0.5) is 0 Å². The van der Waals surface area contributed by atoms with Crippen molar-refractivity contribution in [1.82, 2.24) is 0 Å². The first-order chi connectivity index (χ1) is 3.81. The molecule has 0 aromatic rings. The molecule has 0 aliphatic rings. The molecule has 0 amide bonds. The number of unbranched alkanes of at least 4 members (excludes halogenated alkanes) is 1. The molecule has 1 nitrogen and oxygen atoms in total. The van der Waals surface area contributed by atoms with Crippen molar-refractivity contribution in [3.63, 3.8) is 0 Å². The lowest BCUT2D eigenvalue weighted by Gasteiger charge is -1.87. The number of nitrogens with two attached hydrogens (primary N) is 1. The summed E-state index contributed by atoms with van der Waals surface area (Å²) in [6.45, 7) is 5.64. The highest BCUT2D eigenvalue weighted by Crippen LogP contribution is 1.91. The second kappa shape index (κ2) is 4.44. The van der Waals surface area contributed by atoms with Gasteiger partial charge in [-0.3, -0.25) is 0 Å². The fraction of sp³-hybridized carbons (Fsp3) is 0.429. The zero-order valence-electron chi connectivity index (χ0n) is 5.35. The van der Waals surface area contributed by atoms with E-state index in [4.69, 9.17) is 5.73 Å². The third-order valence-electron chi connectivity index (χ3n) is 0.904. The topological polar surface area (TPSA) is 26.0 Å². The van der Waals surface area contributed by atoms with E-state index in [1.165, 1.54) is 0 Å². The summed E-state index contributed by atoms with van der Waals surface area (Å²) in [5, 5.41) is 0. The molecule has 0 aliphatic carbocycles. The summed E-state index contributed by atoms with van der Waals surface area (Å²) in [5.41, 5.74) is 6.19. The Balaban J connectivity index is 3.40. The van der Waals surface area contributed by atoms with Crippen LogP contribution in [-0.2, 0) is 0 Å². The molecule has 0 unspecified atom stereocenters. The molecule has 8 heavy (non-hydrogen) atoms. The second-order valence-electron chi connectivity index (χ2n) is 1.70. The van der Waals surface area contributed by atoms with Gasteiger partial charge in [-0.1, -0.05) is 26.0 Å². The van der Waals surface area contributed by atoms with Crippen molar-refractivity contribution in [2.24, 2.45) is 5.73 Å². The van der Waals surface area contributed by atoms with E-state index < -0.39 is 0 Å². The molecule has 0 aromatic carbocycles. The normalized spacial score (nSPS) is 11.4. The summed E-state index contributed by atoms with van der Waals surface area (Å²) >= 11 is 0. The van der Waals surface area contributed by atoms with Gasteiger partial charge in [0, 0.05) is 5.70 Å². The van der Waals surface area contributed by atoms with Crippen molar-refractivity contribution in [3.05, 3.63) is 24.4 Å². The molecule has 0 radical (unpaired) electrons. The minimum Gasteiger partial charge on any atom is -0.399 e. The lowest BCUT2D eigenvalue weighted by molar-refractivity contribution is 0.950. The lowest BCUT2D eigenvalue weighted by atomic mass is 10.3. The number of hydrogen-bond donors (Lipinski definition) is 1. The molecule has 1 heteroatoms. The molecule has 0 bridgehead atoms. The molecule has 0 rings (SSSR count). The van der Waals surface area contributed by atoms with Crippen LogP contribution < -0.4 is 5.73 Å². The molecule has 46 valence electrons. The summed E-state index contributed by atoms with van der Waals surface area (Å²) in [7, 11) is 0. The highest BCUT2D eigenvalue weighted by atomic mass is 14.5. The zero-order valence-corrected chi connectivity index (χ0v) is 5.35. The SMILES string of the molecule is C=C/C(N)=C\CCC. The molecule has 0 aromatic heterocycles. The first kappa shape index (κ1) is 7.28. The minimum absolute atomic E-state index is 0.784. The molecule has 0 fully saturated rings. The summed E-state index contributed by atoms with van der Waals surface area (Å²) in [5.74, 6) is 0. The van der Waals surface area contributed by atoms with Gasteiger partial charge in [0.25, 0.3) is 0 Å². The van der Waals surface area contributed by atoms with Gasteiger partial charge in [0.2, 0.25) is 0 Å². The zero-order chi connectivity index (χ0) is 6.41. The van der Waals surface area contributed by atoms with Crippen LogP contribution in [0.3, 0.4) is 0 Å². The Kier molecular flexibility index (Phi) is 4.04. The maximum absolute atomic E-state index is 5.40. The lowest BCUT2D eigenvalue weighted by Crippen LogP contribution is -1.90. The van der Waals surface area contributed by atoms with E-state index in [2.05, 4.69) is 13.5 Å². The third kappa shape index (κ3) is 3.47. The molecule has 0 atom stereocenters. The van der Waals surface area contributed by atoms with Gasteiger partial charge in [0.05, 0.1) is 0 Å². The Morgan fingerprint density at radius 3 is 2.75 bits per heavy atom. The predicted molar refractivity (Wildman–Crippen MR) is 37.4 cm³/mol. The molecule has 0 aliphatic heterocycles. The molecular weight excluding hydrogens is 98.1 g/mol. The minimum atomic E-state index is 0.784. The Hall–Kier alpha value is -0.720. The van der Waals surface area contributed by atoms with Crippen LogP contribution in [0.25, 0.3) is 0 Å². The van der Waals surface area contributed by atoms with E-state index in [0.29, 0.717) is 0 Å². The Morgan fingerprint density at radius 2 is 2.38 bits per heavy atom. The van der Waals surface area contributed by atoms with Crippen molar-refractivity contribution in [1.29, 1.82) is 0 Å². The second-order valence-corrected chi connectivity index (χ2v) is 1.70. The van der Waals surface area contributed by atoms with E-state index in [1.807, 2.05) is 6.08 Å². The van der Waals surface area contributed by atoms with Crippen LogP contribution in [0, 0.1) is 0 Å². The van der Waals surface area contributed by atoms with E-state index in [1.54, 1.807) is 6.08 Å². The van der Waals surface area contributed by atoms with E-state index >= 15 is 0 Å².